The highest BCUT2D eigenvalue weighted by Gasteiger charge is 2.08. The molecule has 2 rings (SSSR count). The van der Waals surface area contributed by atoms with E-state index in [1.54, 1.807) is 30.9 Å². The van der Waals surface area contributed by atoms with Crippen LogP contribution in [0.5, 0.6) is 0 Å². The van der Waals surface area contributed by atoms with Gasteiger partial charge in [-0.3, -0.25) is 0 Å². The van der Waals surface area contributed by atoms with Crippen LogP contribution >= 0.6 is 0 Å². The minimum Gasteiger partial charge on any atom is -0.467 e. The van der Waals surface area contributed by atoms with E-state index < -0.39 is 6.10 Å². The Balaban J connectivity index is 1.65. The third kappa shape index (κ3) is 2.95. The van der Waals surface area contributed by atoms with Crippen LogP contribution < -0.4 is 5.32 Å². The quantitative estimate of drug-likeness (QED) is 0.708. The van der Waals surface area contributed by atoms with E-state index in [2.05, 4.69) is 10.3 Å². The molecule has 2 aromatic heterocycles. The second kappa shape index (κ2) is 5.48. The van der Waals surface area contributed by atoms with Crippen molar-refractivity contribution in [3.8, 4) is 0 Å². The van der Waals surface area contributed by atoms with Crippen molar-refractivity contribution >= 4 is 0 Å². The Hall–Kier alpha value is -1.59. The van der Waals surface area contributed by atoms with Crippen molar-refractivity contribution in [2.45, 2.75) is 12.6 Å². The van der Waals surface area contributed by atoms with Crippen molar-refractivity contribution in [2.75, 3.05) is 13.1 Å². The van der Waals surface area contributed by atoms with E-state index in [-0.39, 0.29) is 0 Å². The zero-order valence-electron chi connectivity index (χ0n) is 8.91. The van der Waals surface area contributed by atoms with Crippen LogP contribution in [-0.4, -0.2) is 27.7 Å². The Morgan fingerprint density at radius 1 is 1.56 bits per heavy atom. The number of hydrogen-bond acceptors (Lipinski definition) is 4. The molecule has 0 bridgehead atoms. The van der Waals surface area contributed by atoms with Gasteiger partial charge >= 0.3 is 0 Å². The maximum absolute atomic E-state index is 9.69. The predicted molar refractivity (Wildman–Crippen MR) is 58.8 cm³/mol. The van der Waals surface area contributed by atoms with Crippen LogP contribution in [-0.2, 0) is 6.54 Å². The molecule has 86 valence electrons. The van der Waals surface area contributed by atoms with Crippen LogP contribution in [0.3, 0.4) is 0 Å². The van der Waals surface area contributed by atoms with Crippen molar-refractivity contribution < 1.29 is 9.52 Å². The van der Waals surface area contributed by atoms with Crippen molar-refractivity contribution in [1.29, 1.82) is 0 Å². The molecule has 2 N–H and O–H groups in total. The fraction of sp³-hybridized carbons (Fsp3) is 0.364. The SMILES string of the molecule is OC(CNCCn1ccnc1)c1ccco1. The van der Waals surface area contributed by atoms with Crippen LogP contribution in [0.25, 0.3) is 0 Å². The summed E-state index contributed by atoms with van der Waals surface area (Å²) in [6.45, 7) is 2.11. The van der Waals surface area contributed by atoms with Gasteiger partial charge in [-0.1, -0.05) is 0 Å². The van der Waals surface area contributed by atoms with Crippen molar-refractivity contribution in [1.82, 2.24) is 14.9 Å². The highest BCUT2D eigenvalue weighted by molar-refractivity contribution is 5.02. The lowest BCUT2D eigenvalue weighted by Crippen LogP contribution is -2.24. The molecular weight excluding hydrogens is 206 g/mol. The lowest BCUT2D eigenvalue weighted by atomic mass is 10.3. The van der Waals surface area contributed by atoms with E-state index >= 15 is 0 Å². The summed E-state index contributed by atoms with van der Waals surface area (Å²) in [5, 5.41) is 12.8. The Bertz CT molecular complexity index is 383. The molecule has 16 heavy (non-hydrogen) atoms. The highest BCUT2D eigenvalue weighted by atomic mass is 16.4. The first kappa shape index (κ1) is 10.9. The molecule has 2 heterocycles. The molecule has 5 heteroatoms. The molecule has 5 nitrogen and oxygen atoms in total. The second-order valence-corrected chi connectivity index (χ2v) is 3.54. The van der Waals surface area contributed by atoms with E-state index in [0.29, 0.717) is 12.3 Å². The highest BCUT2D eigenvalue weighted by Crippen LogP contribution is 2.11. The van der Waals surface area contributed by atoms with E-state index in [1.165, 1.54) is 0 Å². The molecule has 1 atom stereocenters. The molecule has 0 saturated carbocycles. The van der Waals surface area contributed by atoms with Crippen LogP contribution in [0.4, 0.5) is 0 Å². The van der Waals surface area contributed by atoms with Gasteiger partial charge in [0.25, 0.3) is 0 Å². The Kier molecular flexibility index (Phi) is 3.74. The molecule has 0 saturated heterocycles. The fourth-order valence-corrected chi connectivity index (χ4v) is 1.45. The number of aliphatic hydroxyl groups is 1. The number of nitrogens with zero attached hydrogens (tertiary/aromatic N) is 2. The molecular formula is C11H15N3O2. The summed E-state index contributed by atoms with van der Waals surface area (Å²) in [6, 6.07) is 3.53. The number of imidazole rings is 1. The molecule has 0 aromatic carbocycles. The van der Waals surface area contributed by atoms with Gasteiger partial charge in [0.05, 0.1) is 12.6 Å². The smallest absolute Gasteiger partial charge is 0.133 e. The molecule has 2 aromatic rings. The van der Waals surface area contributed by atoms with E-state index in [4.69, 9.17) is 4.42 Å². The van der Waals surface area contributed by atoms with Crippen LogP contribution in [0, 0.1) is 0 Å². The van der Waals surface area contributed by atoms with Gasteiger partial charge in [-0.15, -0.1) is 0 Å². The minimum absolute atomic E-state index is 0.488. The molecule has 0 spiro atoms. The number of rotatable bonds is 6. The molecule has 1 unspecified atom stereocenters. The van der Waals surface area contributed by atoms with Gasteiger partial charge in [-0.05, 0) is 12.1 Å². The number of furan rings is 1. The molecule has 0 aliphatic rings. The first-order valence-electron chi connectivity index (χ1n) is 5.24. The minimum atomic E-state index is -0.585. The summed E-state index contributed by atoms with van der Waals surface area (Å²) in [6.07, 6.45) is 6.40. The third-order valence-electron chi connectivity index (χ3n) is 2.32. The van der Waals surface area contributed by atoms with Crippen molar-refractivity contribution in [3.63, 3.8) is 0 Å². The monoisotopic (exact) mass is 221 g/mol. The lowest BCUT2D eigenvalue weighted by Gasteiger charge is -2.09. The largest absolute Gasteiger partial charge is 0.467 e. The maximum Gasteiger partial charge on any atom is 0.133 e. The summed E-state index contributed by atoms with van der Waals surface area (Å²) >= 11 is 0. The Labute approximate surface area is 93.7 Å². The number of hydrogen-bond donors (Lipinski definition) is 2. The fourth-order valence-electron chi connectivity index (χ4n) is 1.45. The summed E-state index contributed by atoms with van der Waals surface area (Å²) in [5.41, 5.74) is 0. The topological polar surface area (TPSA) is 63.2 Å². The van der Waals surface area contributed by atoms with E-state index in [0.717, 1.165) is 13.1 Å². The molecule has 0 radical (unpaired) electrons. The number of aliphatic hydroxyl groups excluding tert-OH is 1. The van der Waals surface area contributed by atoms with Gasteiger partial charge in [0.2, 0.25) is 0 Å². The van der Waals surface area contributed by atoms with Crippen LogP contribution in [0.15, 0.2) is 41.5 Å². The summed E-state index contributed by atoms with van der Waals surface area (Å²) in [4.78, 5) is 3.95. The molecule has 0 amide bonds. The number of aromatic nitrogens is 2. The molecule has 0 aliphatic carbocycles. The summed E-state index contributed by atoms with van der Waals surface area (Å²) in [5.74, 6) is 0.593. The first-order chi connectivity index (χ1) is 7.86. The average molecular weight is 221 g/mol. The van der Waals surface area contributed by atoms with E-state index in [9.17, 15) is 5.11 Å². The predicted octanol–water partition coefficient (Wildman–Crippen LogP) is 0.799. The van der Waals surface area contributed by atoms with Crippen LogP contribution in [0.1, 0.15) is 11.9 Å². The summed E-state index contributed by atoms with van der Waals surface area (Å²) < 4.78 is 7.07. The zero-order chi connectivity index (χ0) is 11.2. The average Bonchev–Trinajstić information content (AvgIpc) is 2.96. The standard InChI is InChI=1S/C11H15N3O2/c15-10(11-2-1-7-16-11)8-12-3-5-14-6-4-13-9-14/h1-2,4,6-7,9-10,12,15H,3,5,8H2. The number of nitrogens with one attached hydrogen (secondary N) is 1. The van der Waals surface area contributed by atoms with Gasteiger partial charge in [0, 0.05) is 32.0 Å². The van der Waals surface area contributed by atoms with Crippen molar-refractivity contribution in [3.05, 3.63) is 42.9 Å². The second-order valence-electron chi connectivity index (χ2n) is 3.54. The molecule has 0 fully saturated rings. The first-order valence-corrected chi connectivity index (χ1v) is 5.24. The van der Waals surface area contributed by atoms with E-state index in [1.807, 2.05) is 10.8 Å². The van der Waals surface area contributed by atoms with Crippen LogP contribution in [0.2, 0.25) is 0 Å². The van der Waals surface area contributed by atoms with Gasteiger partial charge in [0.1, 0.15) is 11.9 Å². The third-order valence-corrected chi connectivity index (χ3v) is 2.32. The van der Waals surface area contributed by atoms with Crippen molar-refractivity contribution in [2.24, 2.45) is 0 Å². The normalized spacial score (nSPS) is 12.8. The lowest BCUT2D eigenvalue weighted by molar-refractivity contribution is 0.147. The molecule has 0 aliphatic heterocycles. The van der Waals surface area contributed by atoms with Gasteiger partial charge in [-0.2, -0.15) is 0 Å². The van der Waals surface area contributed by atoms with Gasteiger partial charge < -0.3 is 19.4 Å². The zero-order valence-corrected chi connectivity index (χ0v) is 8.91. The summed E-state index contributed by atoms with van der Waals surface area (Å²) in [7, 11) is 0. The van der Waals surface area contributed by atoms with Gasteiger partial charge in [-0.25, -0.2) is 4.98 Å². The Morgan fingerprint density at radius 3 is 3.19 bits per heavy atom. The Morgan fingerprint density at radius 2 is 2.50 bits per heavy atom. The maximum atomic E-state index is 9.69. The van der Waals surface area contributed by atoms with Gasteiger partial charge in [0.15, 0.2) is 0 Å².